The zero-order valence-electron chi connectivity index (χ0n) is 10.4. The molecule has 6 nitrogen and oxygen atoms in total. The summed E-state index contributed by atoms with van der Waals surface area (Å²) in [6, 6.07) is 7.15. The molecular weight excluding hydrogens is 250 g/mol. The summed E-state index contributed by atoms with van der Waals surface area (Å²) in [6.45, 7) is 1.19. The molecule has 1 aromatic rings. The molecule has 1 amide bonds. The Balaban J connectivity index is 3.09. The highest BCUT2D eigenvalue weighted by Crippen LogP contribution is 2.24. The van der Waals surface area contributed by atoms with Gasteiger partial charge in [0.05, 0.1) is 6.42 Å². The van der Waals surface area contributed by atoms with E-state index in [4.69, 9.17) is 10.2 Å². The van der Waals surface area contributed by atoms with Gasteiger partial charge in [-0.25, -0.2) is 4.79 Å². The van der Waals surface area contributed by atoms with E-state index in [0.29, 0.717) is 5.56 Å². The van der Waals surface area contributed by atoms with Crippen molar-refractivity contribution in [2.75, 3.05) is 0 Å². The zero-order chi connectivity index (χ0) is 14.4. The molecule has 0 aromatic heterocycles. The van der Waals surface area contributed by atoms with Gasteiger partial charge in [0.1, 0.15) is 6.04 Å². The van der Waals surface area contributed by atoms with E-state index in [2.05, 4.69) is 5.32 Å². The van der Waals surface area contributed by atoms with Gasteiger partial charge in [0.15, 0.2) is 0 Å². The van der Waals surface area contributed by atoms with Crippen LogP contribution in [0.4, 0.5) is 0 Å². The van der Waals surface area contributed by atoms with Crippen LogP contribution in [0.25, 0.3) is 0 Å². The number of aliphatic carboxylic acids is 2. The van der Waals surface area contributed by atoms with Crippen LogP contribution in [0.5, 0.6) is 0 Å². The second-order valence-corrected chi connectivity index (χ2v) is 4.13. The maximum atomic E-state index is 11.2. The van der Waals surface area contributed by atoms with Crippen LogP contribution in [-0.4, -0.2) is 34.1 Å². The summed E-state index contributed by atoms with van der Waals surface area (Å²) in [7, 11) is 0. The van der Waals surface area contributed by atoms with Gasteiger partial charge in [-0.15, -0.1) is 0 Å². The maximum absolute atomic E-state index is 11.2. The highest BCUT2D eigenvalue weighted by molar-refractivity contribution is 5.84. The van der Waals surface area contributed by atoms with Crippen LogP contribution >= 0.6 is 0 Å². The first-order valence-electron chi connectivity index (χ1n) is 5.68. The van der Waals surface area contributed by atoms with Crippen molar-refractivity contribution >= 4 is 17.8 Å². The Bertz CT molecular complexity index is 471. The predicted octanol–water partition coefficient (Wildman–Crippen LogP) is 0.834. The maximum Gasteiger partial charge on any atom is 0.326 e. The number of nitrogens with one attached hydrogen (secondary N) is 1. The normalized spacial score (nSPS) is 13.3. The van der Waals surface area contributed by atoms with E-state index < -0.39 is 29.8 Å². The summed E-state index contributed by atoms with van der Waals surface area (Å²) >= 11 is 0. The smallest absolute Gasteiger partial charge is 0.326 e. The lowest BCUT2D eigenvalue weighted by Gasteiger charge is -2.23. The van der Waals surface area contributed by atoms with Crippen molar-refractivity contribution in [3.63, 3.8) is 0 Å². The van der Waals surface area contributed by atoms with Gasteiger partial charge in [-0.2, -0.15) is 0 Å². The Kier molecular flexibility index (Phi) is 5.05. The number of amides is 1. The third-order valence-electron chi connectivity index (χ3n) is 2.65. The molecule has 19 heavy (non-hydrogen) atoms. The Labute approximate surface area is 110 Å². The van der Waals surface area contributed by atoms with E-state index in [1.807, 2.05) is 0 Å². The van der Waals surface area contributed by atoms with Gasteiger partial charge in [0.25, 0.3) is 0 Å². The predicted molar refractivity (Wildman–Crippen MR) is 66.7 cm³/mol. The SMILES string of the molecule is CC(=O)NC(C(=O)O)C(CC(=O)O)c1ccccc1. The average molecular weight is 265 g/mol. The summed E-state index contributed by atoms with van der Waals surface area (Å²) in [4.78, 5) is 33.2. The van der Waals surface area contributed by atoms with Crippen LogP contribution in [-0.2, 0) is 14.4 Å². The molecule has 3 N–H and O–H groups in total. The molecule has 0 saturated carbocycles. The van der Waals surface area contributed by atoms with Crippen LogP contribution < -0.4 is 5.32 Å². The number of hydrogen-bond donors (Lipinski definition) is 3. The number of carbonyl (C=O) groups is 3. The average Bonchev–Trinajstić information content (AvgIpc) is 2.33. The van der Waals surface area contributed by atoms with E-state index in [0.717, 1.165) is 0 Å². The Morgan fingerprint density at radius 3 is 2.16 bits per heavy atom. The van der Waals surface area contributed by atoms with Crippen molar-refractivity contribution in [1.82, 2.24) is 5.32 Å². The van der Waals surface area contributed by atoms with Crippen LogP contribution in [0.2, 0.25) is 0 Å². The molecule has 0 radical (unpaired) electrons. The van der Waals surface area contributed by atoms with E-state index in [1.54, 1.807) is 30.3 Å². The molecule has 2 atom stereocenters. The van der Waals surface area contributed by atoms with Crippen molar-refractivity contribution in [3.8, 4) is 0 Å². The number of carbonyl (C=O) groups excluding carboxylic acids is 1. The third-order valence-corrected chi connectivity index (χ3v) is 2.65. The fraction of sp³-hybridized carbons (Fsp3) is 0.308. The molecule has 1 rings (SSSR count). The monoisotopic (exact) mass is 265 g/mol. The topological polar surface area (TPSA) is 104 Å². The fourth-order valence-electron chi connectivity index (χ4n) is 1.87. The second kappa shape index (κ2) is 6.53. The Morgan fingerprint density at radius 2 is 1.74 bits per heavy atom. The molecule has 0 aliphatic rings. The van der Waals surface area contributed by atoms with Gasteiger partial charge in [-0.1, -0.05) is 30.3 Å². The molecule has 2 unspecified atom stereocenters. The second-order valence-electron chi connectivity index (χ2n) is 4.13. The van der Waals surface area contributed by atoms with Crippen molar-refractivity contribution in [3.05, 3.63) is 35.9 Å². The first kappa shape index (κ1) is 14.7. The highest BCUT2D eigenvalue weighted by Gasteiger charge is 2.31. The highest BCUT2D eigenvalue weighted by atomic mass is 16.4. The summed E-state index contributed by atoms with van der Waals surface area (Å²) in [5.41, 5.74) is 0.561. The molecule has 1 aromatic carbocycles. The molecule has 6 heteroatoms. The number of benzene rings is 1. The van der Waals surface area contributed by atoms with Crippen molar-refractivity contribution in [1.29, 1.82) is 0 Å². The molecule has 0 saturated heterocycles. The molecule has 0 aliphatic heterocycles. The molecular formula is C13H15NO5. The van der Waals surface area contributed by atoms with E-state index in [-0.39, 0.29) is 6.42 Å². The van der Waals surface area contributed by atoms with Gasteiger partial charge in [0, 0.05) is 12.8 Å². The molecule has 0 heterocycles. The number of carboxylic acid groups (broad SMARTS) is 2. The van der Waals surface area contributed by atoms with Gasteiger partial charge in [0.2, 0.25) is 5.91 Å². The minimum absolute atomic E-state index is 0.374. The van der Waals surface area contributed by atoms with Gasteiger partial charge >= 0.3 is 11.9 Å². The summed E-state index contributed by atoms with van der Waals surface area (Å²) in [6.07, 6.45) is -0.374. The lowest BCUT2D eigenvalue weighted by atomic mass is 9.88. The minimum atomic E-state index is -1.27. The summed E-state index contributed by atoms with van der Waals surface area (Å²) < 4.78 is 0. The fourth-order valence-corrected chi connectivity index (χ4v) is 1.87. The number of rotatable bonds is 6. The molecule has 0 bridgehead atoms. The van der Waals surface area contributed by atoms with E-state index in [9.17, 15) is 14.4 Å². The van der Waals surface area contributed by atoms with Crippen molar-refractivity contribution in [2.45, 2.75) is 25.3 Å². The van der Waals surface area contributed by atoms with Gasteiger partial charge in [-0.05, 0) is 5.56 Å². The number of hydrogen-bond acceptors (Lipinski definition) is 3. The van der Waals surface area contributed by atoms with Crippen LogP contribution in [0, 0.1) is 0 Å². The van der Waals surface area contributed by atoms with Gasteiger partial charge in [-0.3, -0.25) is 9.59 Å². The van der Waals surface area contributed by atoms with Crippen LogP contribution in [0.3, 0.4) is 0 Å². The first-order chi connectivity index (χ1) is 8.91. The molecule has 0 aliphatic carbocycles. The molecule has 0 spiro atoms. The molecule has 0 fully saturated rings. The Hall–Kier alpha value is -2.37. The van der Waals surface area contributed by atoms with Crippen molar-refractivity contribution < 1.29 is 24.6 Å². The minimum Gasteiger partial charge on any atom is -0.481 e. The summed E-state index contributed by atoms with van der Waals surface area (Å²) in [5.74, 6) is -3.71. The zero-order valence-corrected chi connectivity index (χ0v) is 10.4. The molecule has 102 valence electrons. The standard InChI is InChI=1S/C13H15NO5/c1-8(15)14-12(13(18)19)10(7-11(16)17)9-5-3-2-4-6-9/h2-6,10,12H,7H2,1H3,(H,14,15)(H,16,17)(H,18,19). The summed E-state index contributed by atoms with van der Waals surface area (Å²) in [5, 5.41) is 20.3. The van der Waals surface area contributed by atoms with Crippen molar-refractivity contribution in [2.24, 2.45) is 0 Å². The lowest BCUT2D eigenvalue weighted by molar-refractivity contribution is -0.143. The third kappa shape index (κ3) is 4.42. The van der Waals surface area contributed by atoms with Crippen LogP contribution in [0.1, 0.15) is 24.8 Å². The quantitative estimate of drug-likeness (QED) is 0.707. The Morgan fingerprint density at radius 1 is 1.16 bits per heavy atom. The number of carboxylic acids is 2. The van der Waals surface area contributed by atoms with Crippen LogP contribution in [0.15, 0.2) is 30.3 Å². The largest absolute Gasteiger partial charge is 0.481 e. The first-order valence-corrected chi connectivity index (χ1v) is 5.68. The van der Waals surface area contributed by atoms with E-state index >= 15 is 0 Å². The lowest BCUT2D eigenvalue weighted by Crippen LogP contribution is -2.44. The van der Waals surface area contributed by atoms with Gasteiger partial charge < -0.3 is 15.5 Å². The van der Waals surface area contributed by atoms with E-state index in [1.165, 1.54) is 6.92 Å².